The standard InChI is InChI=1S/C15H12N4O/c20-15(11-4-3-7-16-8-11)18-10-12-9-17-13-5-1-2-6-14(13)19-12/h1-9H,10H2,(H,18,20). The molecule has 20 heavy (non-hydrogen) atoms. The largest absolute Gasteiger partial charge is 0.346 e. The molecule has 98 valence electrons. The number of nitrogens with one attached hydrogen (secondary N) is 1. The number of carbonyl (C=O) groups is 1. The number of hydrogen-bond donors (Lipinski definition) is 1. The van der Waals surface area contributed by atoms with E-state index >= 15 is 0 Å². The predicted molar refractivity (Wildman–Crippen MR) is 74.9 cm³/mol. The lowest BCUT2D eigenvalue weighted by Gasteiger charge is -2.05. The van der Waals surface area contributed by atoms with Gasteiger partial charge in [0.15, 0.2) is 0 Å². The van der Waals surface area contributed by atoms with Crippen molar-refractivity contribution in [1.82, 2.24) is 20.3 Å². The predicted octanol–water partition coefficient (Wildman–Crippen LogP) is 1.95. The molecule has 2 heterocycles. The molecule has 0 aliphatic heterocycles. The summed E-state index contributed by atoms with van der Waals surface area (Å²) in [6.45, 7) is 0.339. The topological polar surface area (TPSA) is 67.8 Å². The van der Waals surface area contributed by atoms with Crippen molar-refractivity contribution in [2.75, 3.05) is 0 Å². The molecule has 1 amide bonds. The molecule has 5 heteroatoms. The lowest BCUT2D eigenvalue weighted by atomic mass is 10.2. The molecule has 3 aromatic rings. The van der Waals surface area contributed by atoms with Gasteiger partial charge in [-0.05, 0) is 24.3 Å². The summed E-state index contributed by atoms with van der Waals surface area (Å²) >= 11 is 0. The Morgan fingerprint density at radius 2 is 1.90 bits per heavy atom. The van der Waals surface area contributed by atoms with E-state index in [0.29, 0.717) is 12.1 Å². The van der Waals surface area contributed by atoms with Gasteiger partial charge in [-0.3, -0.25) is 14.8 Å². The summed E-state index contributed by atoms with van der Waals surface area (Å²) in [5, 5.41) is 2.80. The Kier molecular flexibility index (Phi) is 3.33. The molecule has 0 atom stereocenters. The summed E-state index contributed by atoms with van der Waals surface area (Å²) < 4.78 is 0. The lowest BCUT2D eigenvalue weighted by molar-refractivity contribution is 0.0950. The molecule has 0 aliphatic rings. The fraction of sp³-hybridized carbons (Fsp3) is 0.0667. The van der Waals surface area contributed by atoms with E-state index in [1.807, 2.05) is 24.3 Å². The highest BCUT2D eigenvalue weighted by molar-refractivity contribution is 5.93. The van der Waals surface area contributed by atoms with Gasteiger partial charge >= 0.3 is 0 Å². The number of aromatic nitrogens is 3. The molecule has 0 saturated carbocycles. The molecule has 0 saturated heterocycles. The van der Waals surface area contributed by atoms with E-state index in [0.717, 1.165) is 16.7 Å². The first kappa shape index (κ1) is 12.2. The molecule has 1 aromatic carbocycles. The number of benzene rings is 1. The molecule has 5 nitrogen and oxygen atoms in total. The Bertz CT molecular complexity index is 743. The third-order valence-electron chi connectivity index (χ3n) is 2.85. The normalized spacial score (nSPS) is 10.4. The minimum absolute atomic E-state index is 0.173. The van der Waals surface area contributed by atoms with Crippen molar-refractivity contribution >= 4 is 16.9 Å². The molecule has 0 aliphatic carbocycles. The van der Waals surface area contributed by atoms with Gasteiger partial charge in [-0.15, -0.1) is 0 Å². The molecule has 3 rings (SSSR count). The average molecular weight is 264 g/mol. The Balaban J connectivity index is 1.72. The first-order valence-electron chi connectivity index (χ1n) is 6.22. The molecule has 0 fully saturated rings. The summed E-state index contributed by atoms with van der Waals surface area (Å²) in [4.78, 5) is 24.5. The number of hydrogen-bond acceptors (Lipinski definition) is 4. The quantitative estimate of drug-likeness (QED) is 0.785. The summed E-state index contributed by atoms with van der Waals surface area (Å²) in [5.74, 6) is -0.173. The van der Waals surface area contributed by atoms with Crippen molar-refractivity contribution in [3.05, 3.63) is 66.2 Å². The van der Waals surface area contributed by atoms with Crippen LogP contribution in [0.15, 0.2) is 55.0 Å². The molecule has 1 N–H and O–H groups in total. The second kappa shape index (κ2) is 5.44. The van der Waals surface area contributed by atoms with E-state index in [1.54, 1.807) is 24.5 Å². The van der Waals surface area contributed by atoms with Crippen molar-refractivity contribution < 1.29 is 4.79 Å². The van der Waals surface area contributed by atoms with E-state index in [9.17, 15) is 4.79 Å². The Hall–Kier alpha value is -2.82. The second-order valence-corrected chi connectivity index (χ2v) is 4.27. The van der Waals surface area contributed by atoms with Crippen LogP contribution in [0.1, 0.15) is 16.1 Å². The van der Waals surface area contributed by atoms with E-state index in [-0.39, 0.29) is 5.91 Å². The Labute approximate surface area is 115 Å². The van der Waals surface area contributed by atoms with Crippen LogP contribution in [0.5, 0.6) is 0 Å². The second-order valence-electron chi connectivity index (χ2n) is 4.27. The summed E-state index contributed by atoms with van der Waals surface area (Å²) in [6, 6.07) is 11.1. The van der Waals surface area contributed by atoms with Crippen molar-refractivity contribution in [1.29, 1.82) is 0 Å². The number of para-hydroxylation sites is 2. The molecule has 0 unspecified atom stereocenters. The van der Waals surface area contributed by atoms with Gasteiger partial charge in [-0.1, -0.05) is 12.1 Å². The van der Waals surface area contributed by atoms with Crippen LogP contribution in [0.25, 0.3) is 11.0 Å². The molecular formula is C15H12N4O. The average Bonchev–Trinajstić information content (AvgIpc) is 2.53. The monoisotopic (exact) mass is 264 g/mol. The highest BCUT2D eigenvalue weighted by Crippen LogP contribution is 2.08. The lowest BCUT2D eigenvalue weighted by Crippen LogP contribution is -2.23. The Morgan fingerprint density at radius 1 is 1.05 bits per heavy atom. The van der Waals surface area contributed by atoms with Crippen LogP contribution in [-0.4, -0.2) is 20.9 Å². The van der Waals surface area contributed by atoms with Gasteiger partial charge in [0.25, 0.3) is 5.91 Å². The Morgan fingerprint density at radius 3 is 2.70 bits per heavy atom. The van der Waals surface area contributed by atoms with Crippen molar-refractivity contribution in [3.8, 4) is 0 Å². The van der Waals surface area contributed by atoms with Crippen LogP contribution >= 0.6 is 0 Å². The summed E-state index contributed by atoms with van der Waals surface area (Å²) in [5.41, 5.74) is 2.91. The third kappa shape index (κ3) is 2.61. The highest BCUT2D eigenvalue weighted by atomic mass is 16.1. The van der Waals surface area contributed by atoms with Gasteiger partial charge < -0.3 is 5.32 Å². The number of nitrogens with zero attached hydrogens (tertiary/aromatic N) is 3. The fourth-order valence-corrected chi connectivity index (χ4v) is 1.85. The minimum Gasteiger partial charge on any atom is -0.346 e. The van der Waals surface area contributed by atoms with E-state index in [4.69, 9.17) is 0 Å². The van der Waals surface area contributed by atoms with E-state index in [1.165, 1.54) is 6.20 Å². The smallest absolute Gasteiger partial charge is 0.253 e. The maximum atomic E-state index is 11.9. The van der Waals surface area contributed by atoms with Gasteiger partial charge in [0.05, 0.1) is 35.0 Å². The van der Waals surface area contributed by atoms with Crippen LogP contribution < -0.4 is 5.32 Å². The third-order valence-corrected chi connectivity index (χ3v) is 2.85. The first-order valence-corrected chi connectivity index (χ1v) is 6.22. The van der Waals surface area contributed by atoms with Crippen molar-refractivity contribution in [2.45, 2.75) is 6.54 Å². The number of amides is 1. The number of fused-ring (bicyclic) bond motifs is 1. The first-order chi connectivity index (χ1) is 9.83. The van der Waals surface area contributed by atoms with Crippen molar-refractivity contribution in [3.63, 3.8) is 0 Å². The van der Waals surface area contributed by atoms with Gasteiger partial charge in [-0.25, -0.2) is 4.98 Å². The van der Waals surface area contributed by atoms with Crippen molar-refractivity contribution in [2.24, 2.45) is 0 Å². The summed E-state index contributed by atoms with van der Waals surface area (Å²) in [7, 11) is 0. The van der Waals surface area contributed by atoms with Crippen LogP contribution in [0, 0.1) is 0 Å². The van der Waals surface area contributed by atoms with E-state index < -0.39 is 0 Å². The zero-order chi connectivity index (χ0) is 13.8. The minimum atomic E-state index is -0.173. The van der Waals surface area contributed by atoms with Gasteiger partial charge in [0.2, 0.25) is 0 Å². The molecule has 0 spiro atoms. The molecule has 0 bridgehead atoms. The van der Waals surface area contributed by atoms with Crippen LogP contribution in [0.4, 0.5) is 0 Å². The molecule has 0 radical (unpaired) electrons. The molecule has 2 aromatic heterocycles. The highest BCUT2D eigenvalue weighted by Gasteiger charge is 2.05. The zero-order valence-corrected chi connectivity index (χ0v) is 10.7. The zero-order valence-electron chi connectivity index (χ0n) is 10.7. The van der Waals surface area contributed by atoms with Gasteiger partial charge in [-0.2, -0.15) is 0 Å². The maximum Gasteiger partial charge on any atom is 0.253 e. The fourth-order valence-electron chi connectivity index (χ4n) is 1.85. The van der Waals surface area contributed by atoms with Crippen LogP contribution in [0.2, 0.25) is 0 Å². The number of carbonyl (C=O) groups excluding carboxylic acids is 1. The van der Waals surface area contributed by atoms with Crippen LogP contribution in [-0.2, 0) is 6.54 Å². The van der Waals surface area contributed by atoms with E-state index in [2.05, 4.69) is 20.3 Å². The van der Waals surface area contributed by atoms with Gasteiger partial charge in [0, 0.05) is 12.4 Å². The number of rotatable bonds is 3. The molecular weight excluding hydrogens is 252 g/mol. The van der Waals surface area contributed by atoms with Gasteiger partial charge in [0.1, 0.15) is 0 Å². The summed E-state index contributed by atoms with van der Waals surface area (Å²) in [6.07, 6.45) is 4.83. The van der Waals surface area contributed by atoms with Crippen LogP contribution in [0.3, 0.4) is 0 Å². The number of pyridine rings is 1. The SMILES string of the molecule is O=C(NCc1cnc2ccccc2n1)c1cccnc1. The maximum absolute atomic E-state index is 11.9.